The molecule has 0 radical (unpaired) electrons. The van der Waals surface area contributed by atoms with Crippen molar-refractivity contribution in [2.75, 3.05) is 5.32 Å². The van der Waals surface area contributed by atoms with E-state index in [0.717, 1.165) is 0 Å². The number of halogens is 2. The van der Waals surface area contributed by atoms with E-state index in [9.17, 15) is 9.59 Å². The van der Waals surface area contributed by atoms with Crippen molar-refractivity contribution in [3.05, 3.63) is 87.8 Å². The summed E-state index contributed by atoms with van der Waals surface area (Å²) in [6.45, 7) is 0. The number of carbonyl (C=O) groups is 2. The quantitative estimate of drug-likeness (QED) is 0.661. The molecule has 4 nitrogen and oxygen atoms in total. The van der Waals surface area contributed by atoms with Crippen molar-refractivity contribution >= 4 is 40.6 Å². The molecule has 2 aromatic carbocycles. The lowest BCUT2D eigenvalue weighted by molar-refractivity contribution is 0.0994. The largest absolute Gasteiger partial charge is 0.438 e. The predicted octanol–water partition coefficient (Wildman–Crippen LogP) is 5.07. The number of carbonyl (C=O) groups excluding carboxylic acids is 2. The summed E-state index contributed by atoms with van der Waals surface area (Å²) in [4.78, 5) is 24.6. The van der Waals surface area contributed by atoms with Crippen LogP contribution in [0.5, 0.6) is 0 Å². The summed E-state index contributed by atoms with van der Waals surface area (Å²) in [5.41, 5.74) is 1.51. The van der Waals surface area contributed by atoms with Gasteiger partial charge in [0.25, 0.3) is 5.91 Å². The fourth-order valence-corrected chi connectivity index (χ4v) is 2.42. The van der Waals surface area contributed by atoms with Crippen LogP contribution in [-0.4, -0.2) is 11.7 Å². The van der Waals surface area contributed by atoms with Crippen LogP contribution < -0.4 is 5.32 Å². The molecule has 0 unspecified atom stereocenters. The second-order valence-corrected chi connectivity index (χ2v) is 5.71. The molecule has 0 atom stereocenters. The van der Waals surface area contributed by atoms with E-state index in [2.05, 4.69) is 5.32 Å². The van der Waals surface area contributed by atoms with Gasteiger partial charge in [0.2, 0.25) is 5.22 Å². The molecule has 1 amide bonds. The summed E-state index contributed by atoms with van der Waals surface area (Å²) in [7, 11) is 0. The summed E-state index contributed by atoms with van der Waals surface area (Å²) < 4.78 is 5.05. The van der Waals surface area contributed by atoms with Crippen molar-refractivity contribution in [2.45, 2.75) is 0 Å². The maximum Gasteiger partial charge on any atom is 0.291 e. The summed E-state index contributed by atoms with van der Waals surface area (Å²) in [5.74, 6) is -0.645. The molecule has 0 bridgehead atoms. The fourth-order valence-electron chi connectivity index (χ4n) is 2.15. The van der Waals surface area contributed by atoms with Gasteiger partial charge in [0.05, 0.1) is 5.02 Å². The number of hydrogen-bond acceptors (Lipinski definition) is 3. The number of ketones is 1. The Balaban J connectivity index is 1.80. The smallest absolute Gasteiger partial charge is 0.291 e. The number of benzene rings is 2. The average molecular weight is 360 g/mol. The minimum Gasteiger partial charge on any atom is -0.438 e. The fraction of sp³-hybridized carbons (Fsp3) is 0. The molecule has 1 N–H and O–H groups in total. The molecule has 0 spiro atoms. The van der Waals surface area contributed by atoms with Crippen LogP contribution in [0.2, 0.25) is 10.2 Å². The third kappa shape index (κ3) is 3.50. The number of nitrogens with one attached hydrogen (secondary N) is 1. The predicted molar refractivity (Wildman–Crippen MR) is 93.0 cm³/mol. The summed E-state index contributed by atoms with van der Waals surface area (Å²) in [6.07, 6.45) is 0. The SMILES string of the molecule is O=C(c1ccccc1)c1cccc(NC(=O)c2cc(Cl)c(Cl)o2)c1. The highest BCUT2D eigenvalue weighted by Gasteiger charge is 2.15. The minimum absolute atomic E-state index is 0.00945. The first kappa shape index (κ1) is 16.3. The normalized spacial score (nSPS) is 10.4. The number of amides is 1. The molecule has 0 saturated heterocycles. The van der Waals surface area contributed by atoms with Gasteiger partial charge in [-0.3, -0.25) is 9.59 Å². The Morgan fingerprint density at radius 2 is 1.58 bits per heavy atom. The molecule has 0 saturated carbocycles. The number of anilines is 1. The molecular formula is C18H11Cl2NO3. The lowest BCUT2D eigenvalue weighted by Gasteiger charge is -2.06. The first-order valence-corrected chi connectivity index (χ1v) is 7.76. The van der Waals surface area contributed by atoms with Crippen molar-refractivity contribution in [2.24, 2.45) is 0 Å². The molecule has 0 aliphatic carbocycles. The average Bonchev–Trinajstić information content (AvgIpc) is 2.94. The third-order valence-electron chi connectivity index (χ3n) is 3.29. The van der Waals surface area contributed by atoms with Crippen LogP contribution in [0.1, 0.15) is 26.5 Å². The van der Waals surface area contributed by atoms with Gasteiger partial charge in [-0.1, -0.05) is 54.1 Å². The van der Waals surface area contributed by atoms with Crippen LogP contribution in [0.4, 0.5) is 5.69 Å². The van der Waals surface area contributed by atoms with Gasteiger partial charge in [0.15, 0.2) is 11.5 Å². The second-order valence-electron chi connectivity index (χ2n) is 4.96. The van der Waals surface area contributed by atoms with Gasteiger partial charge in [-0.15, -0.1) is 0 Å². The topological polar surface area (TPSA) is 59.3 Å². The van der Waals surface area contributed by atoms with Crippen molar-refractivity contribution in [3.63, 3.8) is 0 Å². The second kappa shape index (κ2) is 6.91. The van der Waals surface area contributed by atoms with Gasteiger partial charge in [-0.25, -0.2) is 0 Å². The molecule has 3 aromatic rings. The van der Waals surface area contributed by atoms with Gasteiger partial charge in [0.1, 0.15) is 0 Å². The highest BCUT2D eigenvalue weighted by Crippen LogP contribution is 2.26. The number of furan rings is 1. The first-order valence-electron chi connectivity index (χ1n) is 7.00. The van der Waals surface area contributed by atoms with Crippen molar-refractivity contribution in [1.82, 2.24) is 0 Å². The van der Waals surface area contributed by atoms with E-state index in [1.807, 2.05) is 6.07 Å². The molecule has 0 aliphatic heterocycles. The maximum atomic E-state index is 12.4. The Morgan fingerprint density at radius 3 is 2.25 bits per heavy atom. The van der Waals surface area contributed by atoms with E-state index < -0.39 is 5.91 Å². The lowest BCUT2D eigenvalue weighted by atomic mass is 10.0. The Kier molecular flexibility index (Phi) is 4.69. The summed E-state index contributed by atoms with van der Waals surface area (Å²) in [5, 5.41) is 2.76. The monoisotopic (exact) mass is 359 g/mol. The van der Waals surface area contributed by atoms with E-state index in [4.69, 9.17) is 27.6 Å². The van der Waals surface area contributed by atoms with Gasteiger partial charge in [-0.2, -0.15) is 0 Å². The van der Waals surface area contributed by atoms with Crippen LogP contribution in [-0.2, 0) is 0 Å². The molecule has 3 rings (SSSR count). The summed E-state index contributed by atoms with van der Waals surface area (Å²) in [6, 6.07) is 16.9. The Morgan fingerprint density at radius 1 is 0.875 bits per heavy atom. The van der Waals surface area contributed by atoms with Gasteiger partial charge in [-0.05, 0) is 23.7 Å². The Bertz CT molecular complexity index is 884. The first-order chi connectivity index (χ1) is 11.5. The Labute approximate surface area is 148 Å². The third-order valence-corrected chi connectivity index (χ3v) is 3.95. The zero-order chi connectivity index (χ0) is 17.1. The van der Waals surface area contributed by atoms with E-state index in [-0.39, 0.29) is 21.8 Å². The number of rotatable bonds is 4. The van der Waals surface area contributed by atoms with E-state index in [1.165, 1.54) is 6.07 Å². The maximum absolute atomic E-state index is 12.4. The molecule has 0 aliphatic rings. The summed E-state index contributed by atoms with van der Waals surface area (Å²) >= 11 is 11.4. The van der Waals surface area contributed by atoms with Crippen molar-refractivity contribution in [1.29, 1.82) is 0 Å². The molecule has 6 heteroatoms. The molecule has 1 aromatic heterocycles. The van der Waals surface area contributed by atoms with Crippen molar-refractivity contribution < 1.29 is 14.0 Å². The van der Waals surface area contributed by atoms with E-state index in [0.29, 0.717) is 16.8 Å². The standard InChI is InChI=1S/C18H11Cl2NO3/c19-14-10-15(24-17(14)20)18(23)21-13-8-4-7-12(9-13)16(22)11-5-2-1-3-6-11/h1-10H,(H,21,23). The minimum atomic E-state index is -0.506. The van der Waals surface area contributed by atoms with Gasteiger partial charge in [0, 0.05) is 22.9 Å². The van der Waals surface area contributed by atoms with Crippen LogP contribution >= 0.6 is 23.2 Å². The van der Waals surface area contributed by atoms with Gasteiger partial charge >= 0.3 is 0 Å². The molecule has 1 heterocycles. The molecule has 0 fully saturated rings. The van der Waals surface area contributed by atoms with E-state index >= 15 is 0 Å². The van der Waals surface area contributed by atoms with E-state index in [1.54, 1.807) is 48.5 Å². The molecule has 120 valence electrons. The van der Waals surface area contributed by atoms with Gasteiger partial charge < -0.3 is 9.73 Å². The molecule has 24 heavy (non-hydrogen) atoms. The highest BCUT2D eigenvalue weighted by molar-refractivity contribution is 6.41. The lowest BCUT2D eigenvalue weighted by Crippen LogP contribution is -2.11. The zero-order valence-corrected chi connectivity index (χ0v) is 13.8. The highest BCUT2D eigenvalue weighted by atomic mass is 35.5. The van der Waals surface area contributed by atoms with Crippen LogP contribution in [0.15, 0.2) is 65.1 Å². The van der Waals surface area contributed by atoms with Crippen molar-refractivity contribution in [3.8, 4) is 0 Å². The molecular weight excluding hydrogens is 349 g/mol. The van der Waals surface area contributed by atoms with Crippen LogP contribution in [0, 0.1) is 0 Å². The number of hydrogen-bond donors (Lipinski definition) is 1. The van der Waals surface area contributed by atoms with Crippen LogP contribution in [0.25, 0.3) is 0 Å². The Hall–Kier alpha value is -2.56. The zero-order valence-electron chi connectivity index (χ0n) is 12.3. The van der Waals surface area contributed by atoms with Crippen LogP contribution in [0.3, 0.4) is 0 Å².